The molecule has 0 aliphatic heterocycles. The smallest absolute Gasteiger partial charge is 0.245 e. The minimum atomic E-state index is -0.309. The number of halogens is 1. The molecule has 0 radical (unpaired) electrons. The van der Waals surface area contributed by atoms with Crippen molar-refractivity contribution in [3.05, 3.63) is 11.6 Å². The van der Waals surface area contributed by atoms with Crippen LogP contribution in [0.3, 0.4) is 0 Å². The first kappa shape index (κ1) is 19.7. The van der Waals surface area contributed by atoms with Gasteiger partial charge >= 0.3 is 0 Å². The van der Waals surface area contributed by atoms with Crippen LogP contribution < -0.4 is 0 Å². The molecule has 0 fully saturated rings. The molecule has 118 valence electrons. The van der Waals surface area contributed by atoms with Crippen molar-refractivity contribution in [1.29, 1.82) is 0 Å². The fraction of sp³-hybridized carbons (Fsp3) is 0.833. The third kappa shape index (κ3) is 14.1. The van der Waals surface area contributed by atoms with Crippen molar-refractivity contribution in [2.45, 2.75) is 97.3 Å². The van der Waals surface area contributed by atoms with E-state index < -0.39 is 0 Å². The summed E-state index contributed by atoms with van der Waals surface area (Å²) in [6, 6.07) is 0. The van der Waals surface area contributed by atoms with Crippen LogP contribution in [-0.2, 0) is 4.79 Å². The Labute approximate surface area is 131 Å². The van der Waals surface area contributed by atoms with Crippen LogP contribution in [0.1, 0.15) is 97.3 Å². The van der Waals surface area contributed by atoms with E-state index in [-0.39, 0.29) is 5.24 Å². The SMILES string of the molecule is CCCCCCCCCC/C(=C/C(=O)Cl)CCCCC. The Hall–Kier alpha value is -0.300. The third-order valence-electron chi connectivity index (χ3n) is 3.77. The highest BCUT2D eigenvalue weighted by atomic mass is 35.5. The Morgan fingerprint density at radius 1 is 0.750 bits per heavy atom. The summed E-state index contributed by atoms with van der Waals surface area (Å²) in [6.07, 6.45) is 18.0. The molecule has 0 rings (SSSR count). The topological polar surface area (TPSA) is 17.1 Å². The molecule has 0 N–H and O–H groups in total. The molecule has 2 heteroatoms. The van der Waals surface area contributed by atoms with E-state index in [1.807, 2.05) is 0 Å². The second-order valence-electron chi connectivity index (χ2n) is 5.79. The number of rotatable bonds is 14. The Balaban J connectivity index is 3.66. The fourth-order valence-corrected chi connectivity index (χ4v) is 2.67. The van der Waals surface area contributed by atoms with E-state index in [4.69, 9.17) is 11.6 Å². The number of carbonyl (C=O) groups is 1. The normalized spacial score (nSPS) is 11.8. The molecule has 0 saturated heterocycles. The van der Waals surface area contributed by atoms with Crippen LogP contribution in [0.25, 0.3) is 0 Å². The van der Waals surface area contributed by atoms with Crippen molar-refractivity contribution < 1.29 is 4.79 Å². The zero-order valence-electron chi connectivity index (χ0n) is 13.6. The van der Waals surface area contributed by atoms with E-state index in [1.54, 1.807) is 6.08 Å². The van der Waals surface area contributed by atoms with Crippen molar-refractivity contribution in [2.24, 2.45) is 0 Å². The van der Waals surface area contributed by atoms with Crippen LogP contribution in [0.5, 0.6) is 0 Å². The van der Waals surface area contributed by atoms with E-state index >= 15 is 0 Å². The highest BCUT2D eigenvalue weighted by Gasteiger charge is 2.01. The van der Waals surface area contributed by atoms with Gasteiger partial charge in [-0.3, -0.25) is 4.79 Å². The second-order valence-corrected chi connectivity index (χ2v) is 6.16. The van der Waals surface area contributed by atoms with E-state index in [1.165, 1.54) is 76.2 Å². The average molecular weight is 301 g/mol. The molecular weight excluding hydrogens is 268 g/mol. The van der Waals surface area contributed by atoms with E-state index in [0.717, 1.165) is 12.8 Å². The van der Waals surface area contributed by atoms with Crippen molar-refractivity contribution in [2.75, 3.05) is 0 Å². The first-order chi connectivity index (χ1) is 9.70. The molecule has 0 saturated carbocycles. The molecule has 0 aromatic carbocycles. The van der Waals surface area contributed by atoms with E-state index in [2.05, 4.69) is 13.8 Å². The predicted molar refractivity (Wildman–Crippen MR) is 90.3 cm³/mol. The molecule has 20 heavy (non-hydrogen) atoms. The second kappa shape index (κ2) is 15.1. The molecule has 0 aromatic rings. The summed E-state index contributed by atoms with van der Waals surface area (Å²) in [5.41, 5.74) is 1.25. The molecule has 1 nitrogen and oxygen atoms in total. The van der Waals surface area contributed by atoms with Gasteiger partial charge in [-0.15, -0.1) is 0 Å². The quantitative estimate of drug-likeness (QED) is 0.196. The fourth-order valence-electron chi connectivity index (χ4n) is 2.52. The summed E-state index contributed by atoms with van der Waals surface area (Å²) in [6.45, 7) is 4.46. The van der Waals surface area contributed by atoms with Crippen molar-refractivity contribution in [3.63, 3.8) is 0 Å². The van der Waals surface area contributed by atoms with Gasteiger partial charge in [-0.1, -0.05) is 77.2 Å². The van der Waals surface area contributed by atoms with Gasteiger partial charge in [-0.2, -0.15) is 0 Å². The summed E-state index contributed by atoms with van der Waals surface area (Å²) in [7, 11) is 0. The monoisotopic (exact) mass is 300 g/mol. The van der Waals surface area contributed by atoms with Gasteiger partial charge in [0.1, 0.15) is 0 Å². The minimum absolute atomic E-state index is 0.309. The highest BCUT2D eigenvalue weighted by molar-refractivity contribution is 6.66. The van der Waals surface area contributed by atoms with Gasteiger partial charge in [-0.05, 0) is 43.4 Å². The van der Waals surface area contributed by atoms with Gasteiger partial charge < -0.3 is 0 Å². The van der Waals surface area contributed by atoms with Gasteiger partial charge in [0, 0.05) is 0 Å². The van der Waals surface area contributed by atoms with Crippen LogP contribution in [0.4, 0.5) is 0 Å². The van der Waals surface area contributed by atoms with Crippen LogP contribution >= 0.6 is 11.6 Å². The summed E-state index contributed by atoms with van der Waals surface area (Å²) < 4.78 is 0. The molecule has 0 aliphatic rings. The average Bonchev–Trinajstić information content (AvgIpc) is 2.41. The maximum Gasteiger partial charge on any atom is 0.245 e. The number of carbonyl (C=O) groups excluding carboxylic acids is 1. The van der Waals surface area contributed by atoms with Gasteiger partial charge in [0.05, 0.1) is 0 Å². The summed E-state index contributed by atoms with van der Waals surface area (Å²) in [5, 5.41) is -0.309. The highest BCUT2D eigenvalue weighted by Crippen LogP contribution is 2.18. The molecule has 0 aromatic heterocycles. The van der Waals surface area contributed by atoms with Gasteiger partial charge in [0.15, 0.2) is 0 Å². The standard InChI is InChI=1S/C18H33ClO/c1-3-5-7-8-9-10-11-13-15-17(16-18(19)20)14-12-6-4-2/h16H,3-15H2,1-2H3/b17-16+. The molecule has 0 spiro atoms. The Morgan fingerprint density at radius 2 is 1.15 bits per heavy atom. The number of hydrogen-bond acceptors (Lipinski definition) is 1. The largest absolute Gasteiger partial charge is 0.276 e. The Bertz CT molecular complexity index is 258. The third-order valence-corrected chi connectivity index (χ3v) is 3.88. The van der Waals surface area contributed by atoms with E-state index in [0.29, 0.717) is 0 Å². The molecule has 0 amide bonds. The van der Waals surface area contributed by atoms with Gasteiger partial charge in [-0.25, -0.2) is 0 Å². The Morgan fingerprint density at radius 3 is 1.65 bits per heavy atom. The zero-order valence-corrected chi connectivity index (χ0v) is 14.3. The lowest BCUT2D eigenvalue weighted by Gasteiger charge is -2.07. The van der Waals surface area contributed by atoms with Gasteiger partial charge in [0.25, 0.3) is 0 Å². The predicted octanol–water partition coefficient (Wildman–Crippen LogP) is 6.79. The van der Waals surface area contributed by atoms with Crippen LogP contribution in [-0.4, -0.2) is 5.24 Å². The van der Waals surface area contributed by atoms with Crippen LogP contribution in [0.15, 0.2) is 11.6 Å². The minimum Gasteiger partial charge on any atom is -0.276 e. The summed E-state index contributed by atoms with van der Waals surface area (Å²) >= 11 is 5.48. The van der Waals surface area contributed by atoms with Crippen molar-refractivity contribution >= 4 is 16.8 Å². The van der Waals surface area contributed by atoms with Crippen molar-refractivity contribution in [1.82, 2.24) is 0 Å². The van der Waals surface area contributed by atoms with Crippen LogP contribution in [0.2, 0.25) is 0 Å². The number of allylic oxidation sites excluding steroid dienone is 2. The molecule has 0 heterocycles. The summed E-state index contributed by atoms with van der Waals surface area (Å²) in [4.78, 5) is 11.0. The first-order valence-corrected chi connectivity index (χ1v) is 8.97. The van der Waals surface area contributed by atoms with Gasteiger partial charge in [0.2, 0.25) is 5.24 Å². The van der Waals surface area contributed by atoms with E-state index in [9.17, 15) is 4.79 Å². The van der Waals surface area contributed by atoms with Crippen molar-refractivity contribution in [3.8, 4) is 0 Å². The Kier molecular flexibility index (Phi) is 14.9. The lowest BCUT2D eigenvalue weighted by atomic mass is 10.00. The molecule has 0 aliphatic carbocycles. The molecule has 0 unspecified atom stereocenters. The lowest BCUT2D eigenvalue weighted by molar-refractivity contribution is -0.107. The number of unbranched alkanes of at least 4 members (excludes halogenated alkanes) is 9. The molecular formula is C18H33ClO. The first-order valence-electron chi connectivity index (χ1n) is 8.59. The maximum absolute atomic E-state index is 11.0. The lowest BCUT2D eigenvalue weighted by Crippen LogP contribution is -1.90. The number of hydrogen-bond donors (Lipinski definition) is 0. The zero-order chi connectivity index (χ0) is 15.1. The molecule has 0 atom stereocenters. The molecule has 0 bridgehead atoms. The maximum atomic E-state index is 11.0. The van der Waals surface area contributed by atoms with Crippen LogP contribution in [0, 0.1) is 0 Å². The summed E-state index contributed by atoms with van der Waals surface area (Å²) in [5.74, 6) is 0.